The summed E-state index contributed by atoms with van der Waals surface area (Å²) in [5.74, 6) is -0.230. The molecule has 120 valence electrons. The molecule has 0 bridgehead atoms. The smallest absolute Gasteiger partial charge is 0.416 e. The molecule has 0 aromatic heterocycles. The van der Waals surface area contributed by atoms with Crippen LogP contribution in [0.2, 0.25) is 0 Å². The van der Waals surface area contributed by atoms with Crippen LogP contribution in [0.3, 0.4) is 0 Å². The molecule has 1 rings (SSSR count). The second-order valence-electron chi connectivity index (χ2n) is 5.41. The van der Waals surface area contributed by atoms with Gasteiger partial charge in [-0.25, -0.2) is 0 Å². The molecule has 5 nitrogen and oxygen atoms in total. The molecule has 0 fully saturated rings. The van der Waals surface area contributed by atoms with E-state index in [1.165, 1.54) is 0 Å². The zero-order chi connectivity index (χ0) is 16.3. The minimum Gasteiger partial charge on any atom is -0.746 e. The van der Waals surface area contributed by atoms with Crippen LogP contribution in [0.15, 0.2) is 24.3 Å². The van der Waals surface area contributed by atoms with Crippen molar-refractivity contribution in [3.8, 4) is 5.75 Å². The number of benzene rings is 1. The maximum absolute atomic E-state index is 12.4. The van der Waals surface area contributed by atoms with E-state index in [0.29, 0.717) is 11.0 Å². The van der Waals surface area contributed by atoms with Crippen molar-refractivity contribution in [2.45, 2.75) is 6.18 Å². The largest absolute Gasteiger partial charge is 0.746 e. The molecule has 1 aromatic carbocycles. The predicted molar refractivity (Wildman–Crippen MR) is 68.5 cm³/mol. The maximum Gasteiger partial charge on any atom is 0.416 e. The number of hydrogen-bond acceptors (Lipinski definition) is 4. The van der Waals surface area contributed by atoms with E-state index in [-0.39, 0.29) is 12.4 Å². The lowest BCUT2D eigenvalue weighted by molar-refractivity contribution is -0.870. The maximum atomic E-state index is 12.4. The first-order valence-electron chi connectivity index (χ1n) is 6.02. The van der Waals surface area contributed by atoms with E-state index in [9.17, 15) is 22.6 Å². The molecule has 1 aromatic rings. The Morgan fingerprint density at radius 2 is 1.71 bits per heavy atom. The Labute approximate surface area is 121 Å². The minimum absolute atomic E-state index is 0.0785. The summed E-state index contributed by atoms with van der Waals surface area (Å²) in [6.07, 6.45) is -4.49. The van der Waals surface area contributed by atoms with Gasteiger partial charge in [-0.15, -0.1) is 0 Å². The van der Waals surface area contributed by atoms with Gasteiger partial charge >= 0.3 is 14.0 Å². The van der Waals surface area contributed by atoms with Gasteiger partial charge in [-0.2, -0.15) is 13.2 Å². The van der Waals surface area contributed by atoms with Gasteiger partial charge in [0.2, 0.25) is 0 Å². The molecule has 0 saturated heterocycles. The monoisotopic (exact) mass is 327 g/mol. The predicted octanol–water partition coefficient (Wildman–Crippen LogP) is 2.28. The number of hydrogen-bond donors (Lipinski definition) is 0. The van der Waals surface area contributed by atoms with E-state index < -0.39 is 19.6 Å². The molecular formula is C12H17F3NO4P. The Hall–Kier alpha value is -1.08. The van der Waals surface area contributed by atoms with Crippen LogP contribution in [0.5, 0.6) is 5.75 Å². The Balaban J connectivity index is 2.61. The molecule has 0 saturated carbocycles. The minimum atomic E-state index is -4.60. The Kier molecular flexibility index (Phi) is 5.44. The number of alkyl halides is 3. The molecule has 21 heavy (non-hydrogen) atoms. The molecule has 0 aliphatic heterocycles. The second kappa shape index (κ2) is 6.36. The van der Waals surface area contributed by atoms with Crippen molar-refractivity contribution in [3.63, 3.8) is 0 Å². The summed E-state index contributed by atoms with van der Waals surface area (Å²) < 4.78 is 58.3. The molecule has 0 aliphatic rings. The average molecular weight is 327 g/mol. The van der Waals surface area contributed by atoms with Gasteiger partial charge in [0.25, 0.3) is 0 Å². The standard InChI is InChI=1S/C12H17F3NO4P/c1-16(2,3)8-9-19-21(17,18)20-11-6-4-10(5-7-11)12(13,14)15/h4-7H,8-9H2,1-3H3. The lowest BCUT2D eigenvalue weighted by atomic mass is 10.2. The van der Waals surface area contributed by atoms with E-state index in [2.05, 4.69) is 9.05 Å². The van der Waals surface area contributed by atoms with Crippen molar-refractivity contribution in [1.29, 1.82) is 0 Å². The lowest BCUT2D eigenvalue weighted by Gasteiger charge is -2.27. The van der Waals surface area contributed by atoms with E-state index in [4.69, 9.17) is 0 Å². The third-order valence-corrected chi connectivity index (χ3v) is 3.34. The van der Waals surface area contributed by atoms with Crippen LogP contribution < -0.4 is 9.42 Å². The fraction of sp³-hybridized carbons (Fsp3) is 0.500. The highest BCUT2D eigenvalue weighted by atomic mass is 31.2. The number of phosphoric acid groups is 1. The molecule has 0 N–H and O–H groups in total. The zero-order valence-electron chi connectivity index (χ0n) is 11.9. The molecule has 0 amide bonds. The summed E-state index contributed by atoms with van der Waals surface area (Å²) in [6.45, 7) is 0.355. The number of rotatable bonds is 6. The third kappa shape index (κ3) is 6.95. The van der Waals surface area contributed by atoms with Crippen molar-refractivity contribution in [2.24, 2.45) is 0 Å². The van der Waals surface area contributed by atoms with Crippen LogP contribution in [-0.4, -0.2) is 38.8 Å². The molecule has 1 atom stereocenters. The average Bonchev–Trinajstić information content (AvgIpc) is 2.25. The molecular weight excluding hydrogens is 310 g/mol. The van der Waals surface area contributed by atoms with Crippen molar-refractivity contribution in [1.82, 2.24) is 0 Å². The highest BCUT2D eigenvalue weighted by Gasteiger charge is 2.30. The normalized spacial score (nSPS) is 15.6. The van der Waals surface area contributed by atoms with Crippen molar-refractivity contribution >= 4 is 7.82 Å². The highest BCUT2D eigenvalue weighted by molar-refractivity contribution is 7.46. The summed E-state index contributed by atoms with van der Waals surface area (Å²) in [5, 5.41) is 0. The van der Waals surface area contributed by atoms with E-state index >= 15 is 0 Å². The lowest BCUT2D eigenvalue weighted by Crippen LogP contribution is -2.37. The molecule has 0 heterocycles. The van der Waals surface area contributed by atoms with Crippen LogP contribution >= 0.6 is 7.82 Å². The Morgan fingerprint density at radius 1 is 1.19 bits per heavy atom. The summed E-state index contributed by atoms with van der Waals surface area (Å²) in [7, 11) is 0.973. The van der Waals surface area contributed by atoms with Gasteiger partial charge in [-0.3, -0.25) is 4.57 Å². The number of quaternary nitrogens is 1. The topological polar surface area (TPSA) is 58.6 Å². The summed E-state index contributed by atoms with van der Waals surface area (Å²) in [4.78, 5) is 11.5. The number of halogens is 3. The van der Waals surface area contributed by atoms with Gasteiger partial charge < -0.3 is 18.4 Å². The molecule has 1 unspecified atom stereocenters. The van der Waals surface area contributed by atoms with Crippen LogP contribution in [0.1, 0.15) is 5.56 Å². The first kappa shape index (κ1) is 18.0. The van der Waals surface area contributed by atoms with Crippen LogP contribution in [0.25, 0.3) is 0 Å². The zero-order valence-corrected chi connectivity index (χ0v) is 12.8. The first-order chi connectivity index (χ1) is 9.39. The summed E-state index contributed by atoms with van der Waals surface area (Å²) >= 11 is 0. The number of nitrogens with zero attached hydrogens (tertiary/aromatic N) is 1. The Morgan fingerprint density at radius 3 is 2.14 bits per heavy atom. The van der Waals surface area contributed by atoms with Gasteiger partial charge in [-0.1, -0.05) is 0 Å². The second-order valence-corrected chi connectivity index (χ2v) is 6.74. The molecule has 9 heteroatoms. The SMILES string of the molecule is C[N+](C)(C)CCOP(=O)([O-])Oc1ccc(C(F)(F)F)cc1. The van der Waals surface area contributed by atoms with Gasteiger partial charge in [0, 0.05) is 0 Å². The highest BCUT2D eigenvalue weighted by Crippen LogP contribution is 2.40. The van der Waals surface area contributed by atoms with Crippen LogP contribution in [-0.2, 0) is 15.3 Å². The fourth-order valence-corrected chi connectivity index (χ4v) is 2.02. The first-order valence-corrected chi connectivity index (χ1v) is 7.48. The fourth-order valence-electron chi connectivity index (χ4n) is 1.29. The van der Waals surface area contributed by atoms with Gasteiger partial charge in [0.1, 0.15) is 18.9 Å². The van der Waals surface area contributed by atoms with Crippen LogP contribution in [0.4, 0.5) is 13.2 Å². The van der Waals surface area contributed by atoms with E-state index in [0.717, 1.165) is 24.3 Å². The van der Waals surface area contributed by atoms with Crippen LogP contribution in [0, 0.1) is 0 Å². The van der Waals surface area contributed by atoms with Gasteiger partial charge in [0.15, 0.2) is 0 Å². The molecule has 0 radical (unpaired) electrons. The summed E-state index contributed by atoms with van der Waals surface area (Å²) in [6, 6.07) is 3.33. The van der Waals surface area contributed by atoms with Crippen molar-refractivity contribution in [2.75, 3.05) is 34.3 Å². The van der Waals surface area contributed by atoms with Gasteiger partial charge in [0.05, 0.1) is 26.7 Å². The quantitative estimate of drug-likeness (QED) is 0.594. The Bertz CT molecular complexity index is 511. The van der Waals surface area contributed by atoms with Crippen molar-refractivity contribution in [3.05, 3.63) is 29.8 Å². The molecule has 0 aliphatic carbocycles. The van der Waals surface area contributed by atoms with Crippen molar-refractivity contribution < 1.29 is 36.2 Å². The number of likely N-dealkylation sites (N-methyl/N-ethyl adjacent to an activating group) is 1. The van der Waals surface area contributed by atoms with E-state index in [1.807, 2.05) is 21.1 Å². The molecule has 0 spiro atoms. The summed E-state index contributed by atoms with van der Waals surface area (Å²) in [5.41, 5.74) is -0.887. The number of phosphoric ester groups is 1. The third-order valence-electron chi connectivity index (χ3n) is 2.41. The van der Waals surface area contributed by atoms with Gasteiger partial charge in [-0.05, 0) is 24.3 Å². The van der Waals surface area contributed by atoms with E-state index in [1.54, 1.807) is 0 Å².